The third-order valence-corrected chi connectivity index (χ3v) is 7.27. The molecule has 8 nitrogen and oxygen atoms in total. The summed E-state index contributed by atoms with van der Waals surface area (Å²) in [5.74, 6) is 1.49. The molecule has 3 heterocycles. The fourth-order valence-electron chi connectivity index (χ4n) is 3.78. The van der Waals surface area contributed by atoms with Gasteiger partial charge in [-0.1, -0.05) is 5.16 Å². The van der Waals surface area contributed by atoms with E-state index in [1.165, 1.54) is 0 Å². The predicted octanol–water partition coefficient (Wildman–Crippen LogP) is 2.25. The van der Waals surface area contributed by atoms with Crippen molar-refractivity contribution in [3.63, 3.8) is 0 Å². The molecule has 4 rings (SSSR count). The van der Waals surface area contributed by atoms with E-state index in [1.807, 2.05) is 19.3 Å². The second-order valence-electron chi connectivity index (χ2n) is 6.97. The van der Waals surface area contributed by atoms with Crippen LogP contribution in [0, 0.1) is 19.8 Å². The van der Waals surface area contributed by atoms with Gasteiger partial charge in [0.2, 0.25) is 0 Å². The van der Waals surface area contributed by atoms with Crippen LogP contribution >= 0.6 is 0 Å². The first kappa shape index (κ1) is 17.0. The maximum absolute atomic E-state index is 12.7. The van der Waals surface area contributed by atoms with Gasteiger partial charge in [0.05, 0.1) is 16.8 Å². The van der Waals surface area contributed by atoms with Gasteiger partial charge >= 0.3 is 0 Å². The van der Waals surface area contributed by atoms with Crippen molar-refractivity contribution in [2.24, 2.45) is 5.92 Å². The summed E-state index contributed by atoms with van der Waals surface area (Å²) >= 11 is 0. The van der Waals surface area contributed by atoms with Crippen molar-refractivity contribution >= 4 is 26.7 Å². The Hall–Kier alpha value is -2.42. The number of aromatic amines is 1. The molecule has 0 radical (unpaired) electrons. The van der Waals surface area contributed by atoms with E-state index in [2.05, 4.69) is 25.0 Å². The summed E-state index contributed by atoms with van der Waals surface area (Å²) < 4.78 is 30.4. The molecule has 1 fully saturated rings. The van der Waals surface area contributed by atoms with Crippen molar-refractivity contribution < 1.29 is 12.9 Å². The van der Waals surface area contributed by atoms with Crippen LogP contribution in [0.2, 0.25) is 0 Å². The van der Waals surface area contributed by atoms with Gasteiger partial charge in [0.1, 0.15) is 22.7 Å². The lowest BCUT2D eigenvalue weighted by Gasteiger charge is -2.41. The van der Waals surface area contributed by atoms with Crippen molar-refractivity contribution in [3.05, 3.63) is 30.0 Å². The number of H-pyrrole nitrogens is 1. The fourth-order valence-corrected chi connectivity index (χ4v) is 5.80. The van der Waals surface area contributed by atoms with Crippen LogP contribution in [0.5, 0.6) is 0 Å². The van der Waals surface area contributed by atoms with Crippen LogP contribution in [0.25, 0.3) is 11.0 Å². The highest BCUT2D eigenvalue weighted by atomic mass is 32.2. The fraction of sp³-hybridized carbons (Fsp3) is 0.471. The van der Waals surface area contributed by atoms with Gasteiger partial charge in [0.15, 0.2) is 15.6 Å². The second-order valence-corrected chi connectivity index (χ2v) is 8.95. The Labute approximate surface area is 151 Å². The summed E-state index contributed by atoms with van der Waals surface area (Å²) in [4.78, 5) is 14.1. The molecule has 0 atom stereocenters. The average molecular weight is 375 g/mol. The van der Waals surface area contributed by atoms with Crippen LogP contribution in [-0.2, 0) is 9.84 Å². The number of nitrogens with zero attached hydrogens (tertiary/aromatic N) is 4. The molecule has 3 aromatic rings. The molecule has 9 heteroatoms. The highest BCUT2D eigenvalue weighted by Crippen LogP contribution is 2.37. The van der Waals surface area contributed by atoms with Gasteiger partial charge in [-0.3, -0.25) is 0 Å². The third kappa shape index (κ3) is 2.76. The van der Waals surface area contributed by atoms with Crippen LogP contribution in [-0.4, -0.2) is 47.4 Å². The van der Waals surface area contributed by atoms with E-state index in [-0.39, 0.29) is 22.6 Å². The molecule has 26 heavy (non-hydrogen) atoms. The summed E-state index contributed by atoms with van der Waals surface area (Å²) in [6.45, 7) is 3.31. The minimum atomic E-state index is -3.38. The summed E-state index contributed by atoms with van der Waals surface area (Å²) in [7, 11) is -1.38. The number of rotatable bonds is 5. The Morgan fingerprint density at radius 3 is 2.77 bits per heavy atom. The summed E-state index contributed by atoms with van der Waals surface area (Å²) in [5, 5.41) is 4.73. The number of sulfone groups is 1. The largest absolute Gasteiger partial charge is 0.360 e. The Morgan fingerprint density at radius 2 is 2.08 bits per heavy atom. The standard InChI is InChI=1S/C17H21N5O3S/c1-10-15(11(2)25-21-10)26(23,24)8-12-6-13(7-12)22(3)17-14-4-5-18-16(14)19-9-20-17/h4-5,9,12-13H,6-8H2,1-3H3,(H,18,19,20)/t12-,13+. The van der Waals surface area contributed by atoms with Crippen LogP contribution < -0.4 is 4.90 Å². The molecule has 1 aliphatic carbocycles. The van der Waals surface area contributed by atoms with E-state index in [0.717, 1.165) is 29.7 Å². The lowest BCUT2D eigenvalue weighted by atomic mass is 9.81. The monoisotopic (exact) mass is 375 g/mol. The molecule has 138 valence electrons. The molecule has 3 aromatic heterocycles. The minimum absolute atomic E-state index is 0.129. The lowest BCUT2D eigenvalue weighted by Crippen LogP contribution is -2.45. The van der Waals surface area contributed by atoms with Crippen LogP contribution in [0.3, 0.4) is 0 Å². The number of aryl methyl sites for hydroxylation is 2. The first-order valence-corrected chi connectivity index (χ1v) is 10.2. The van der Waals surface area contributed by atoms with Crippen molar-refractivity contribution in [1.29, 1.82) is 0 Å². The molecule has 1 N–H and O–H groups in total. The number of nitrogens with one attached hydrogen (secondary N) is 1. The number of hydrogen-bond donors (Lipinski definition) is 1. The van der Waals surface area contributed by atoms with Crippen LogP contribution in [0.4, 0.5) is 5.82 Å². The van der Waals surface area contributed by atoms with E-state index >= 15 is 0 Å². The molecule has 0 saturated heterocycles. The van der Waals surface area contributed by atoms with Gasteiger partial charge < -0.3 is 14.4 Å². The first-order valence-electron chi connectivity index (χ1n) is 8.53. The normalized spacial score (nSPS) is 20.3. The molecular formula is C17H21N5O3S. The maximum atomic E-state index is 12.7. The summed E-state index contributed by atoms with van der Waals surface area (Å²) in [6, 6.07) is 2.23. The molecular weight excluding hydrogens is 354 g/mol. The second kappa shape index (κ2) is 6.08. The highest BCUT2D eigenvalue weighted by molar-refractivity contribution is 7.91. The van der Waals surface area contributed by atoms with Crippen molar-refractivity contribution in [1.82, 2.24) is 20.1 Å². The number of fused-ring (bicyclic) bond motifs is 1. The smallest absolute Gasteiger partial charge is 0.184 e. The van der Waals surface area contributed by atoms with E-state index in [9.17, 15) is 8.42 Å². The van der Waals surface area contributed by atoms with Gasteiger partial charge in [0, 0.05) is 19.3 Å². The Balaban J connectivity index is 1.45. The highest BCUT2D eigenvalue weighted by Gasteiger charge is 2.38. The maximum Gasteiger partial charge on any atom is 0.184 e. The van der Waals surface area contributed by atoms with Gasteiger partial charge in [0.25, 0.3) is 0 Å². The van der Waals surface area contributed by atoms with E-state index in [1.54, 1.807) is 20.2 Å². The topological polar surface area (TPSA) is 105 Å². The van der Waals surface area contributed by atoms with Crippen molar-refractivity contribution in [2.75, 3.05) is 17.7 Å². The summed E-state index contributed by atoms with van der Waals surface area (Å²) in [5.41, 5.74) is 1.24. The lowest BCUT2D eigenvalue weighted by molar-refractivity contribution is 0.282. The number of hydrogen-bond acceptors (Lipinski definition) is 7. The molecule has 1 saturated carbocycles. The first-order chi connectivity index (χ1) is 12.4. The Bertz CT molecular complexity index is 1030. The van der Waals surface area contributed by atoms with E-state index in [0.29, 0.717) is 11.5 Å². The Morgan fingerprint density at radius 1 is 1.31 bits per heavy atom. The number of aromatic nitrogens is 4. The van der Waals surface area contributed by atoms with Crippen LogP contribution in [0.15, 0.2) is 28.0 Å². The third-order valence-electron chi connectivity index (χ3n) is 5.16. The average Bonchev–Trinajstić information content (AvgIpc) is 3.16. The minimum Gasteiger partial charge on any atom is -0.360 e. The molecule has 0 unspecified atom stereocenters. The Kier molecular flexibility index (Phi) is 3.98. The van der Waals surface area contributed by atoms with Gasteiger partial charge in [-0.25, -0.2) is 18.4 Å². The van der Waals surface area contributed by atoms with Crippen LogP contribution in [0.1, 0.15) is 24.3 Å². The van der Waals surface area contributed by atoms with Gasteiger partial charge in [-0.2, -0.15) is 0 Å². The summed E-state index contributed by atoms with van der Waals surface area (Å²) in [6.07, 6.45) is 5.02. The zero-order valence-electron chi connectivity index (χ0n) is 14.9. The van der Waals surface area contributed by atoms with E-state index in [4.69, 9.17) is 4.52 Å². The van der Waals surface area contributed by atoms with Gasteiger partial charge in [-0.15, -0.1) is 0 Å². The van der Waals surface area contributed by atoms with Crippen molar-refractivity contribution in [2.45, 2.75) is 37.6 Å². The quantitative estimate of drug-likeness (QED) is 0.729. The molecule has 0 amide bonds. The molecule has 0 spiro atoms. The predicted molar refractivity (Wildman–Crippen MR) is 96.8 cm³/mol. The molecule has 0 bridgehead atoms. The molecule has 1 aliphatic rings. The zero-order chi connectivity index (χ0) is 18.5. The van der Waals surface area contributed by atoms with Gasteiger partial charge in [-0.05, 0) is 38.7 Å². The SMILES string of the molecule is Cc1noc(C)c1S(=O)(=O)C[C@H]1C[C@@H](N(C)c2ncnc3[nH]ccc23)C1. The number of anilines is 1. The molecule has 0 aromatic carbocycles. The zero-order valence-corrected chi connectivity index (χ0v) is 15.7. The van der Waals surface area contributed by atoms with Crippen molar-refractivity contribution in [3.8, 4) is 0 Å². The van der Waals surface area contributed by atoms with E-state index < -0.39 is 9.84 Å². The molecule has 0 aliphatic heterocycles.